The molecule has 0 fully saturated rings. The van der Waals surface area contributed by atoms with Gasteiger partial charge in [-0.05, 0) is 58.4 Å². The minimum atomic E-state index is 0.700. The van der Waals surface area contributed by atoms with Gasteiger partial charge in [-0.25, -0.2) is 0 Å². The average molecular weight is 307 g/mol. The highest BCUT2D eigenvalue weighted by molar-refractivity contribution is 5.78. The Labute approximate surface area is 142 Å². The molecule has 3 aromatic rings. The maximum absolute atomic E-state index is 8.85. The van der Waals surface area contributed by atoms with E-state index in [1.54, 1.807) is 0 Å². The quantitative estimate of drug-likeness (QED) is 0.498. The molecular weight excluding hydrogens is 290 g/mol. The Morgan fingerprint density at radius 3 is 2.50 bits per heavy atom. The van der Waals surface area contributed by atoms with E-state index in [-0.39, 0.29) is 0 Å². The molecule has 1 aliphatic carbocycles. The number of hydrogen-bond donors (Lipinski definition) is 0. The van der Waals surface area contributed by atoms with E-state index in [0.717, 1.165) is 18.4 Å². The molecule has 0 aliphatic heterocycles. The normalized spacial score (nSPS) is 12.0. The van der Waals surface area contributed by atoms with E-state index in [0.29, 0.717) is 5.56 Å². The van der Waals surface area contributed by atoms with Crippen molar-refractivity contribution in [3.05, 3.63) is 101 Å². The van der Waals surface area contributed by atoms with Gasteiger partial charge < -0.3 is 0 Å². The Morgan fingerprint density at radius 2 is 1.67 bits per heavy atom. The molecule has 0 heterocycles. The van der Waals surface area contributed by atoms with Crippen molar-refractivity contribution < 1.29 is 0 Å². The topological polar surface area (TPSA) is 23.8 Å². The molecule has 24 heavy (non-hydrogen) atoms. The summed E-state index contributed by atoms with van der Waals surface area (Å²) in [6.45, 7) is 0. The van der Waals surface area contributed by atoms with E-state index in [9.17, 15) is 0 Å². The molecular formula is C23H17N. The van der Waals surface area contributed by atoms with Crippen LogP contribution in [0.5, 0.6) is 0 Å². The molecule has 1 nitrogen and oxygen atoms in total. The lowest BCUT2D eigenvalue weighted by atomic mass is 9.99. The van der Waals surface area contributed by atoms with Crippen LogP contribution in [-0.4, -0.2) is 0 Å². The molecule has 0 amide bonds. The molecule has 114 valence electrons. The second-order valence-corrected chi connectivity index (χ2v) is 6.12. The number of nitriles is 1. The first-order chi connectivity index (χ1) is 11.8. The number of allylic oxidation sites excluding steroid dienone is 1. The molecule has 0 N–H and O–H groups in total. The van der Waals surface area contributed by atoms with Crippen LogP contribution in [0.15, 0.2) is 72.8 Å². The highest BCUT2D eigenvalue weighted by Crippen LogP contribution is 2.38. The predicted molar refractivity (Wildman–Crippen MR) is 98.6 cm³/mol. The summed E-state index contributed by atoms with van der Waals surface area (Å²) >= 11 is 0. The van der Waals surface area contributed by atoms with Crippen LogP contribution in [0.4, 0.5) is 0 Å². The van der Waals surface area contributed by atoms with Crippen molar-refractivity contribution in [1.82, 2.24) is 0 Å². The molecule has 0 saturated heterocycles. The second-order valence-electron chi connectivity index (χ2n) is 6.12. The van der Waals surface area contributed by atoms with Crippen molar-refractivity contribution in [3.63, 3.8) is 0 Å². The maximum atomic E-state index is 8.85. The second kappa shape index (κ2) is 6.18. The summed E-state index contributed by atoms with van der Waals surface area (Å²) in [6, 6.07) is 25.1. The minimum absolute atomic E-state index is 0.700. The third-order valence-corrected chi connectivity index (χ3v) is 4.64. The number of benzene rings is 3. The lowest BCUT2D eigenvalue weighted by Crippen LogP contribution is -1.90. The maximum Gasteiger partial charge on any atom is 0.0991 e. The standard InChI is InChI=1S/C23H17N/c24-16-18-13-11-17(12-14-18)5-3-7-19-8-4-10-22-21-9-2-1-6-20(21)15-23(19)22/h1-6,8-14H,7,15H2. The van der Waals surface area contributed by atoms with Gasteiger partial charge in [0.2, 0.25) is 0 Å². The monoisotopic (exact) mass is 307 g/mol. The molecule has 1 heteroatoms. The van der Waals surface area contributed by atoms with Gasteiger partial charge in [-0.2, -0.15) is 5.26 Å². The van der Waals surface area contributed by atoms with E-state index in [1.165, 1.54) is 27.8 Å². The minimum Gasteiger partial charge on any atom is -0.192 e. The van der Waals surface area contributed by atoms with Crippen molar-refractivity contribution >= 4 is 6.08 Å². The zero-order valence-electron chi connectivity index (χ0n) is 13.4. The molecule has 0 saturated carbocycles. The lowest BCUT2D eigenvalue weighted by molar-refractivity contribution is 1.16. The summed E-state index contributed by atoms with van der Waals surface area (Å²) in [7, 11) is 0. The predicted octanol–water partition coefficient (Wildman–Crippen LogP) is 5.39. The highest BCUT2D eigenvalue weighted by Gasteiger charge is 2.19. The van der Waals surface area contributed by atoms with Gasteiger partial charge in [-0.1, -0.05) is 66.7 Å². The molecule has 0 aromatic heterocycles. The van der Waals surface area contributed by atoms with Crippen molar-refractivity contribution in [2.24, 2.45) is 0 Å². The number of fused-ring (bicyclic) bond motifs is 3. The fraction of sp³-hybridized carbons (Fsp3) is 0.0870. The van der Waals surface area contributed by atoms with E-state index >= 15 is 0 Å². The molecule has 0 bridgehead atoms. The van der Waals surface area contributed by atoms with Crippen LogP contribution in [0.3, 0.4) is 0 Å². The third-order valence-electron chi connectivity index (χ3n) is 4.64. The number of hydrogen-bond acceptors (Lipinski definition) is 1. The zero-order valence-corrected chi connectivity index (χ0v) is 13.4. The Balaban J connectivity index is 1.56. The zero-order chi connectivity index (χ0) is 16.4. The Bertz CT molecular complexity index is 956. The summed E-state index contributed by atoms with van der Waals surface area (Å²) in [5.74, 6) is 0. The first-order valence-electron chi connectivity index (χ1n) is 8.21. The van der Waals surface area contributed by atoms with Gasteiger partial charge in [-0.3, -0.25) is 0 Å². The summed E-state index contributed by atoms with van der Waals surface area (Å²) in [5, 5.41) is 8.85. The smallest absolute Gasteiger partial charge is 0.0991 e. The van der Waals surface area contributed by atoms with E-state index < -0.39 is 0 Å². The van der Waals surface area contributed by atoms with Gasteiger partial charge in [0.05, 0.1) is 11.6 Å². The van der Waals surface area contributed by atoms with E-state index in [2.05, 4.69) is 60.7 Å². The molecule has 4 rings (SSSR count). The summed E-state index contributed by atoms with van der Waals surface area (Å²) in [4.78, 5) is 0. The van der Waals surface area contributed by atoms with Crippen LogP contribution >= 0.6 is 0 Å². The average Bonchev–Trinajstić information content (AvgIpc) is 3.02. The molecule has 0 spiro atoms. The fourth-order valence-electron chi connectivity index (χ4n) is 3.41. The van der Waals surface area contributed by atoms with Crippen molar-refractivity contribution in [1.29, 1.82) is 5.26 Å². The largest absolute Gasteiger partial charge is 0.192 e. The van der Waals surface area contributed by atoms with Gasteiger partial charge in [0.25, 0.3) is 0 Å². The molecule has 1 aliphatic rings. The van der Waals surface area contributed by atoms with Gasteiger partial charge in [-0.15, -0.1) is 0 Å². The molecule has 3 aromatic carbocycles. The van der Waals surface area contributed by atoms with Crippen molar-refractivity contribution in [2.75, 3.05) is 0 Å². The number of nitrogens with zero attached hydrogens (tertiary/aromatic N) is 1. The van der Waals surface area contributed by atoms with E-state index in [1.807, 2.05) is 24.3 Å². The van der Waals surface area contributed by atoms with Crippen LogP contribution in [0.2, 0.25) is 0 Å². The third kappa shape index (κ3) is 2.64. The molecule has 0 radical (unpaired) electrons. The van der Waals surface area contributed by atoms with Gasteiger partial charge >= 0.3 is 0 Å². The summed E-state index contributed by atoms with van der Waals surface area (Å²) in [6.07, 6.45) is 6.30. The van der Waals surface area contributed by atoms with Crippen LogP contribution in [-0.2, 0) is 12.8 Å². The Morgan fingerprint density at radius 1 is 0.875 bits per heavy atom. The first kappa shape index (κ1) is 14.5. The first-order valence-corrected chi connectivity index (χ1v) is 8.21. The van der Waals surface area contributed by atoms with Gasteiger partial charge in [0, 0.05) is 0 Å². The molecule has 0 unspecified atom stereocenters. The summed E-state index contributed by atoms with van der Waals surface area (Å²) in [5.41, 5.74) is 8.88. The van der Waals surface area contributed by atoms with Crippen molar-refractivity contribution in [3.8, 4) is 17.2 Å². The van der Waals surface area contributed by atoms with Crippen LogP contribution in [0.1, 0.15) is 27.8 Å². The summed E-state index contributed by atoms with van der Waals surface area (Å²) < 4.78 is 0. The van der Waals surface area contributed by atoms with Gasteiger partial charge in [0.1, 0.15) is 0 Å². The Hall–Kier alpha value is -3.11. The van der Waals surface area contributed by atoms with Gasteiger partial charge in [0.15, 0.2) is 0 Å². The lowest BCUT2D eigenvalue weighted by Gasteiger charge is -2.06. The van der Waals surface area contributed by atoms with E-state index in [4.69, 9.17) is 5.26 Å². The van der Waals surface area contributed by atoms with Crippen molar-refractivity contribution in [2.45, 2.75) is 12.8 Å². The SMILES string of the molecule is N#Cc1ccc(C=CCc2cccc3c2Cc2ccccc2-3)cc1. The highest BCUT2D eigenvalue weighted by atomic mass is 14.2. The Kier molecular flexibility index (Phi) is 3.73. The fourth-order valence-corrected chi connectivity index (χ4v) is 3.41. The van der Waals surface area contributed by atoms with Crippen LogP contribution in [0.25, 0.3) is 17.2 Å². The molecule has 0 atom stereocenters. The van der Waals surface area contributed by atoms with Crippen LogP contribution < -0.4 is 0 Å². The van der Waals surface area contributed by atoms with Crippen LogP contribution in [0, 0.1) is 11.3 Å². The number of rotatable bonds is 3.